The molecule has 3 N–H and O–H groups in total. The second-order valence-corrected chi connectivity index (χ2v) is 4.74. The molecule has 5 nitrogen and oxygen atoms in total. The van der Waals surface area contributed by atoms with Crippen molar-refractivity contribution in [3.63, 3.8) is 0 Å². The Morgan fingerprint density at radius 2 is 2.31 bits per heavy atom. The molecule has 0 radical (unpaired) electrons. The maximum atomic E-state index is 12.0. The number of amides is 1. The smallest absolute Gasteiger partial charge is 0.242 e. The van der Waals surface area contributed by atoms with Gasteiger partial charge in [-0.15, -0.1) is 0 Å². The van der Waals surface area contributed by atoms with Crippen LogP contribution in [0.15, 0.2) is 0 Å². The number of nitrogens with two attached hydrogens (primary N) is 1. The van der Waals surface area contributed by atoms with Crippen LogP contribution in [0.5, 0.6) is 0 Å². The highest BCUT2D eigenvalue weighted by Crippen LogP contribution is 2.16. The Bertz CT molecular complexity index is 237. The number of ether oxygens (including phenoxy) is 2. The minimum atomic E-state index is -0.860. The van der Waals surface area contributed by atoms with Crippen LogP contribution in [-0.4, -0.2) is 44.4 Å². The molecule has 0 aromatic rings. The second-order valence-electron chi connectivity index (χ2n) is 4.74. The predicted octanol–water partition coefficient (Wildman–Crippen LogP) is -0.109. The molecule has 94 valence electrons. The molecule has 0 spiro atoms. The van der Waals surface area contributed by atoms with Gasteiger partial charge in [0.2, 0.25) is 5.91 Å². The summed E-state index contributed by atoms with van der Waals surface area (Å²) in [7, 11) is 1.62. The average Bonchev–Trinajstić information content (AvgIpc) is 2.65. The van der Waals surface area contributed by atoms with Crippen molar-refractivity contribution >= 4 is 5.91 Å². The molecule has 0 aromatic carbocycles. The number of carbonyl (C=O) groups excluding carboxylic acids is 1. The highest BCUT2D eigenvalue weighted by molar-refractivity contribution is 5.86. The van der Waals surface area contributed by atoms with E-state index in [9.17, 15) is 4.79 Å². The summed E-state index contributed by atoms with van der Waals surface area (Å²) in [5.74, 6) is 0.176. The third-order valence-electron chi connectivity index (χ3n) is 2.97. The first-order valence-corrected chi connectivity index (χ1v) is 5.66. The fourth-order valence-corrected chi connectivity index (χ4v) is 1.65. The second kappa shape index (κ2) is 5.61. The molecule has 1 aliphatic rings. The van der Waals surface area contributed by atoms with E-state index < -0.39 is 5.54 Å². The highest BCUT2D eigenvalue weighted by Gasteiger charge is 2.39. The zero-order valence-corrected chi connectivity index (χ0v) is 10.3. The molecule has 0 aromatic heterocycles. The third kappa shape index (κ3) is 3.17. The van der Waals surface area contributed by atoms with Crippen molar-refractivity contribution < 1.29 is 14.3 Å². The lowest BCUT2D eigenvalue weighted by Gasteiger charge is -2.27. The average molecular weight is 230 g/mol. The Kier molecular flexibility index (Phi) is 4.70. The quantitative estimate of drug-likeness (QED) is 0.691. The Morgan fingerprint density at radius 3 is 2.75 bits per heavy atom. The summed E-state index contributed by atoms with van der Waals surface area (Å²) in [6, 6.07) is -0.00137. The molecule has 2 unspecified atom stereocenters. The SMILES string of the molecule is COCC(NC(=O)C1(N)CCOC1)C(C)C. The molecule has 2 atom stereocenters. The molecule has 1 saturated heterocycles. The van der Waals surface area contributed by atoms with Gasteiger partial charge < -0.3 is 20.5 Å². The van der Waals surface area contributed by atoms with Gasteiger partial charge in [-0.25, -0.2) is 0 Å². The van der Waals surface area contributed by atoms with Crippen molar-refractivity contribution in [2.24, 2.45) is 11.7 Å². The first-order chi connectivity index (χ1) is 7.49. The van der Waals surface area contributed by atoms with Gasteiger partial charge in [-0.3, -0.25) is 4.79 Å². The van der Waals surface area contributed by atoms with E-state index in [1.807, 2.05) is 13.8 Å². The zero-order chi connectivity index (χ0) is 12.2. The van der Waals surface area contributed by atoms with Gasteiger partial charge in [-0.1, -0.05) is 13.8 Å². The summed E-state index contributed by atoms with van der Waals surface area (Å²) in [4.78, 5) is 12.0. The largest absolute Gasteiger partial charge is 0.383 e. The fourth-order valence-electron chi connectivity index (χ4n) is 1.65. The van der Waals surface area contributed by atoms with Crippen molar-refractivity contribution in [2.45, 2.75) is 31.8 Å². The maximum Gasteiger partial charge on any atom is 0.242 e. The molecule has 1 amide bonds. The first-order valence-electron chi connectivity index (χ1n) is 5.66. The molecule has 1 aliphatic heterocycles. The minimum absolute atomic E-state index is 0.00137. The van der Waals surface area contributed by atoms with Gasteiger partial charge in [0.25, 0.3) is 0 Å². The molecular weight excluding hydrogens is 208 g/mol. The maximum absolute atomic E-state index is 12.0. The molecule has 5 heteroatoms. The van der Waals surface area contributed by atoms with Crippen LogP contribution in [0.25, 0.3) is 0 Å². The normalized spacial score (nSPS) is 27.1. The lowest BCUT2D eigenvalue weighted by molar-refractivity contribution is -0.127. The van der Waals surface area contributed by atoms with Crippen LogP contribution >= 0.6 is 0 Å². The third-order valence-corrected chi connectivity index (χ3v) is 2.97. The van der Waals surface area contributed by atoms with Crippen molar-refractivity contribution in [3.05, 3.63) is 0 Å². The molecule has 1 fully saturated rings. The topological polar surface area (TPSA) is 73.6 Å². The van der Waals surface area contributed by atoms with Crippen LogP contribution in [0.4, 0.5) is 0 Å². The van der Waals surface area contributed by atoms with Gasteiger partial charge in [-0.05, 0) is 12.3 Å². The molecule has 16 heavy (non-hydrogen) atoms. The molecule has 0 bridgehead atoms. The van der Waals surface area contributed by atoms with E-state index in [0.29, 0.717) is 32.2 Å². The van der Waals surface area contributed by atoms with Crippen LogP contribution in [-0.2, 0) is 14.3 Å². The van der Waals surface area contributed by atoms with Crippen molar-refractivity contribution in [3.8, 4) is 0 Å². The van der Waals surface area contributed by atoms with Gasteiger partial charge in [0.15, 0.2) is 0 Å². The van der Waals surface area contributed by atoms with Crippen LogP contribution < -0.4 is 11.1 Å². The van der Waals surface area contributed by atoms with E-state index in [-0.39, 0.29) is 11.9 Å². The van der Waals surface area contributed by atoms with E-state index >= 15 is 0 Å². The number of methoxy groups -OCH3 is 1. The first kappa shape index (κ1) is 13.4. The van der Waals surface area contributed by atoms with Gasteiger partial charge in [0.05, 0.1) is 19.3 Å². The summed E-state index contributed by atoms with van der Waals surface area (Å²) in [5.41, 5.74) is 5.11. The minimum Gasteiger partial charge on any atom is -0.383 e. The van der Waals surface area contributed by atoms with Crippen LogP contribution in [0.1, 0.15) is 20.3 Å². The predicted molar refractivity (Wildman–Crippen MR) is 61.0 cm³/mol. The number of nitrogens with one attached hydrogen (secondary N) is 1. The molecule has 1 rings (SSSR count). The Hall–Kier alpha value is -0.650. The summed E-state index contributed by atoms with van der Waals surface area (Å²) in [6.45, 7) is 5.44. The zero-order valence-electron chi connectivity index (χ0n) is 10.3. The number of hydrogen-bond donors (Lipinski definition) is 2. The molecule has 0 aliphatic carbocycles. The van der Waals surface area contributed by atoms with Crippen LogP contribution in [0.2, 0.25) is 0 Å². The Labute approximate surface area is 96.7 Å². The van der Waals surface area contributed by atoms with Crippen molar-refractivity contribution in [2.75, 3.05) is 26.9 Å². The Morgan fingerprint density at radius 1 is 1.62 bits per heavy atom. The lowest BCUT2D eigenvalue weighted by atomic mass is 9.97. The van der Waals surface area contributed by atoms with E-state index in [4.69, 9.17) is 15.2 Å². The van der Waals surface area contributed by atoms with Crippen molar-refractivity contribution in [1.29, 1.82) is 0 Å². The number of rotatable bonds is 5. The van der Waals surface area contributed by atoms with E-state index in [1.165, 1.54) is 0 Å². The standard InChI is InChI=1S/C11H22N2O3/c1-8(2)9(6-15-3)13-10(14)11(12)4-5-16-7-11/h8-9H,4-7,12H2,1-3H3,(H,13,14). The number of carbonyl (C=O) groups is 1. The molecule has 1 heterocycles. The summed E-state index contributed by atoms with van der Waals surface area (Å²) >= 11 is 0. The van der Waals surface area contributed by atoms with E-state index in [0.717, 1.165) is 0 Å². The van der Waals surface area contributed by atoms with Crippen molar-refractivity contribution in [1.82, 2.24) is 5.32 Å². The summed E-state index contributed by atoms with van der Waals surface area (Å²) in [6.07, 6.45) is 0.580. The van der Waals surface area contributed by atoms with Gasteiger partial charge in [0, 0.05) is 13.7 Å². The summed E-state index contributed by atoms with van der Waals surface area (Å²) in [5, 5.41) is 2.93. The molecule has 0 saturated carbocycles. The van der Waals surface area contributed by atoms with Gasteiger partial charge >= 0.3 is 0 Å². The fraction of sp³-hybridized carbons (Fsp3) is 0.909. The van der Waals surface area contributed by atoms with E-state index in [1.54, 1.807) is 7.11 Å². The van der Waals surface area contributed by atoms with Crippen LogP contribution in [0, 0.1) is 5.92 Å². The monoisotopic (exact) mass is 230 g/mol. The summed E-state index contributed by atoms with van der Waals surface area (Å²) < 4.78 is 10.2. The van der Waals surface area contributed by atoms with Crippen LogP contribution in [0.3, 0.4) is 0 Å². The number of hydrogen-bond acceptors (Lipinski definition) is 4. The highest BCUT2D eigenvalue weighted by atomic mass is 16.5. The van der Waals surface area contributed by atoms with Gasteiger partial charge in [-0.2, -0.15) is 0 Å². The van der Waals surface area contributed by atoms with Gasteiger partial charge in [0.1, 0.15) is 5.54 Å². The lowest BCUT2D eigenvalue weighted by Crippen LogP contribution is -2.58. The van der Waals surface area contributed by atoms with E-state index in [2.05, 4.69) is 5.32 Å². The molecular formula is C11H22N2O3. The Balaban J connectivity index is 2.53.